The van der Waals surface area contributed by atoms with Gasteiger partial charge in [-0.05, 0) is 77.0 Å². The van der Waals surface area contributed by atoms with Crippen molar-refractivity contribution in [3.8, 4) is 0 Å². The summed E-state index contributed by atoms with van der Waals surface area (Å²) in [4.78, 5) is 0. The number of hydrogen-bond acceptors (Lipinski definition) is 2. The maximum absolute atomic E-state index is 5.83. The first-order valence-electron chi connectivity index (χ1n) is 7.83. The molecule has 104 valence electrons. The normalized spacial score (nSPS) is 42.5. The van der Waals surface area contributed by atoms with Gasteiger partial charge >= 0.3 is 0 Å². The van der Waals surface area contributed by atoms with Crippen LogP contribution in [0.2, 0.25) is 0 Å². The van der Waals surface area contributed by atoms with Gasteiger partial charge in [-0.25, -0.2) is 0 Å². The van der Waals surface area contributed by atoms with Crippen LogP contribution in [0.25, 0.3) is 0 Å². The molecule has 0 radical (unpaired) electrons. The highest BCUT2D eigenvalue weighted by Gasteiger charge is 2.50. The molecule has 2 nitrogen and oxygen atoms in total. The summed E-state index contributed by atoms with van der Waals surface area (Å²) in [5.41, 5.74) is 0.499. The monoisotopic (exact) mass is 251 g/mol. The molecule has 2 heteroatoms. The molecular weight excluding hydrogens is 222 g/mol. The summed E-state index contributed by atoms with van der Waals surface area (Å²) in [6.07, 6.45) is 8.90. The van der Waals surface area contributed by atoms with Gasteiger partial charge in [0.25, 0.3) is 0 Å². The van der Waals surface area contributed by atoms with E-state index in [1.807, 2.05) is 0 Å². The Bertz CT molecular complexity index is 269. The predicted octanol–water partition coefficient (Wildman–Crippen LogP) is 3.36. The molecule has 0 amide bonds. The van der Waals surface area contributed by atoms with Gasteiger partial charge in [-0.2, -0.15) is 0 Å². The molecule has 0 aromatic carbocycles. The minimum Gasteiger partial charge on any atom is -0.375 e. The van der Waals surface area contributed by atoms with E-state index in [1.165, 1.54) is 38.5 Å². The third-order valence-electron chi connectivity index (χ3n) is 5.18. The summed E-state index contributed by atoms with van der Waals surface area (Å²) in [5.74, 6) is 3.10. The van der Waals surface area contributed by atoms with Crippen LogP contribution in [0.1, 0.15) is 59.3 Å². The summed E-state index contributed by atoms with van der Waals surface area (Å²) in [7, 11) is 0. The summed E-state index contributed by atoms with van der Waals surface area (Å²) in [5, 5.41) is 3.87. The lowest BCUT2D eigenvalue weighted by Crippen LogP contribution is -2.59. The lowest BCUT2D eigenvalue weighted by Gasteiger charge is -2.57. The van der Waals surface area contributed by atoms with E-state index < -0.39 is 0 Å². The number of nitrogens with one attached hydrogen (secondary N) is 1. The van der Waals surface area contributed by atoms with Crippen LogP contribution in [-0.2, 0) is 4.74 Å². The van der Waals surface area contributed by atoms with Gasteiger partial charge in [0.05, 0.1) is 12.2 Å². The maximum Gasteiger partial charge on any atom is 0.0599 e. The minimum atomic E-state index is 0.00313. The van der Waals surface area contributed by atoms with Gasteiger partial charge in [0.15, 0.2) is 0 Å². The Balaban J connectivity index is 1.50. The molecule has 4 rings (SSSR count). The fourth-order valence-electron chi connectivity index (χ4n) is 5.00. The topological polar surface area (TPSA) is 21.3 Å². The molecule has 0 aliphatic heterocycles. The molecule has 4 aliphatic carbocycles. The first-order chi connectivity index (χ1) is 8.44. The van der Waals surface area contributed by atoms with Crippen molar-refractivity contribution in [2.45, 2.75) is 70.4 Å². The lowest BCUT2D eigenvalue weighted by atomic mass is 9.53. The second-order valence-corrected chi connectivity index (χ2v) is 8.09. The molecule has 18 heavy (non-hydrogen) atoms. The SMILES string of the molecule is CC(C)(C)OCCNC12CC3CC(CC(C3)C1)C2. The van der Waals surface area contributed by atoms with E-state index in [-0.39, 0.29) is 5.60 Å². The third kappa shape index (κ3) is 2.75. The van der Waals surface area contributed by atoms with E-state index in [4.69, 9.17) is 4.74 Å². The predicted molar refractivity (Wildman–Crippen MR) is 74.6 cm³/mol. The first-order valence-corrected chi connectivity index (χ1v) is 7.83. The Morgan fingerprint density at radius 3 is 1.94 bits per heavy atom. The maximum atomic E-state index is 5.83. The van der Waals surface area contributed by atoms with Crippen LogP contribution in [0.3, 0.4) is 0 Å². The standard InChI is InChI=1S/C16H29NO/c1-15(2,3)18-5-4-17-16-9-12-6-13(10-16)8-14(7-12)11-16/h12-14,17H,4-11H2,1-3H3. The van der Waals surface area contributed by atoms with Gasteiger partial charge in [-0.15, -0.1) is 0 Å². The second kappa shape index (κ2) is 4.49. The van der Waals surface area contributed by atoms with Gasteiger partial charge in [-0.3, -0.25) is 0 Å². The quantitative estimate of drug-likeness (QED) is 0.774. The zero-order chi connectivity index (χ0) is 12.8. The van der Waals surface area contributed by atoms with Crippen LogP contribution in [0.4, 0.5) is 0 Å². The Hall–Kier alpha value is -0.0800. The number of ether oxygens (including phenoxy) is 1. The first kappa shape index (κ1) is 12.9. The van der Waals surface area contributed by atoms with Gasteiger partial charge < -0.3 is 10.1 Å². The van der Waals surface area contributed by atoms with Crippen LogP contribution in [0.5, 0.6) is 0 Å². The molecule has 0 unspecified atom stereocenters. The van der Waals surface area contributed by atoms with E-state index >= 15 is 0 Å². The highest BCUT2D eigenvalue weighted by atomic mass is 16.5. The second-order valence-electron chi connectivity index (χ2n) is 8.09. The molecule has 4 aliphatic rings. The molecule has 0 aromatic heterocycles. The molecule has 0 atom stereocenters. The smallest absolute Gasteiger partial charge is 0.0599 e. The van der Waals surface area contributed by atoms with Crippen LogP contribution in [0, 0.1) is 17.8 Å². The summed E-state index contributed by atoms with van der Waals surface area (Å²) < 4.78 is 5.83. The molecule has 0 aromatic rings. The van der Waals surface area contributed by atoms with E-state index in [1.54, 1.807) is 0 Å². The molecule has 0 heterocycles. The Morgan fingerprint density at radius 2 is 1.50 bits per heavy atom. The van der Waals surface area contributed by atoms with E-state index in [2.05, 4.69) is 26.1 Å². The van der Waals surface area contributed by atoms with Gasteiger partial charge in [0, 0.05) is 12.1 Å². The van der Waals surface area contributed by atoms with Crippen LogP contribution in [-0.4, -0.2) is 24.3 Å². The van der Waals surface area contributed by atoms with E-state index in [0.29, 0.717) is 5.54 Å². The highest BCUT2D eigenvalue weighted by Crippen LogP contribution is 2.55. The van der Waals surface area contributed by atoms with Crippen molar-refractivity contribution in [1.29, 1.82) is 0 Å². The molecule has 4 saturated carbocycles. The molecule has 0 saturated heterocycles. The van der Waals surface area contributed by atoms with Crippen molar-refractivity contribution in [1.82, 2.24) is 5.32 Å². The van der Waals surface area contributed by atoms with E-state index in [0.717, 1.165) is 30.9 Å². The van der Waals surface area contributed by atoms with Crippen LogP contribution in [0.15, 0.2) is 0 Å². The zero-order valence-corrected chi connectivity index (χ0v) is 12.3. The Morgan fingerprint density at radius 1 is 1.00 bits per heavy atom. The fraction of sp³-hybridized carbons (Fsp3) is 1.00. The highest BCUT2D eigenvalue weighted by molar-refractivity contribution is 5.06. The van der Waals surface area contributed by atoms with Crippen molar-refractivity contribution in [2.75, 3.05) is 13.2 Å². The van der Waals surface area contributed by atoms with Crippen molar-refractivity contribution < 1.29 is 4.74 Å². The van der Waals surface area contributed by atoms with Gasteiger partial charge in [0.1, 0.15) is 0 Å². The fourth-order valence-corrected chi connectivity index (χ4v) is 5.00. The average Bonchev–Trinajstić information content (AvgIpc) is 2.21. The summed E-state index contributed by atoms with van der Waals surface area (Å²) in [6.45, 7) is 8.29. The van der Waals surface area contributed by atoms with Gasteiger partial charge in [0.2, 0.25) is 0 Å². The average molecular weight is 251 g/mol. The lowest BCUT2D eigenvalue weighted by molar-refractivity contribution is -0.0350. The largest absolute Gasteiger partial charge is 0.375 e. The van der Waals surface area contributed by atoms with Crippen molar-refractivity contribution >= 4 is 0 Å². The summed E-state index contributed by atoms with van der Waals surface area (Å²) >= 11 is 0. The Kier molecular flexibility index (Phi) is 3.22. The van der Waals surface area contributed by atoms with Crippen molar-refractivity contribution in [3.05, 3.63) is 0 Å². The summed E-state index contributed by atoms with van der Waals surface area (Å²) in [6, 6.07) is 0. The van der Waals surface area contributed by atoms with Crippen molar-refractivity contribution in [2.24, 2.45) is 17.8 Å². The number of hydrogen-bond donors (Lipinski definition) is 1. The zero-order valence-electron chi connectivity index (χ0n) is 12.3. The number of rotatable bonds is 4. The van der Waals surface area contributed by atoms with E-state index in [9.17, 15) is 0 Å². The van der Waals surface area contributed by atoms with Crippen molar-refractivity contribution in [3.63, 3.8) is 0 Å². The van der Waals surface area contributed by atoms with Gasteiger partial charge in [-0.1, -0.05) is 0 Å². The Labute approximate surface area is 112 Å². The molecule has 0 spiro atoms. The molecule has 4 bridgehead atoms. The molecule has 4 fully saturated rings. The van der Waals surface area contributed by atoms with Crippen LogP contribution < -0.4 is 5.32 Å². The third-order valence-corrected chi connectivity index (χ3v) is 5.18. The van der Waals surface area contributed by atoms with Crippen LogP contribution >= 0.6 is 0 Å². The molecular formula is C16H29NO. The minimum absolute atomic E-state index is 0.00313. The molecule has 1 N–H and O–H groups in total.